The Bertz CT molecular complexity index is 530. The van der Waals surface area contributed by atoms with Gasteiger partial charge in [-0.25, -0.2) is 4.98 Å². The van der Waals surface area contributed by atoms with Gasteiger partial charge in [0.2, 0.25) is 0 Å². The van der Waals surface area contributed by atoms with Crippen LogP contribution in [0.15, 0.2) is 43.1 Å². The van der Waals surface area contributed by atoms with Gasteiger partial charge in [0.25, 0.3) is 0 Å². The van der Waals surface area contributed by atoms with Crippen LogP contribution in [0.5, 0.6) is 0 Å². The lowest BCUT2D eigenvalue weighted by Gasteiger charge is -2.24. The fourth-order valence-corrected chi connectivity index (χ4v) is 2.12. The smallest absolute Gasteiger partial charge is 0.135 e. The lowest BCUT2D eigenvalue weighted by Crippen LogP contribution is -2.20. The van der Waals surface area contributed by atoms with Crippen molar-refractivity contribution < 1.29 is 4.74 Å². The molecule has 3 nitrogen and oxygen atoms in total. The number of rotatable bonds is 2. The molecule has 2 aromatic rings. The van der Waals surface area contributed by atoms with E-state index in [1.807, 2.05) is 24.4 Å². The van der Waals surface area contributed by atoms with E-state index in [2.05, 4.69) is 28.3 Å². The quantitative estimate of drug-likeness (QED) is 0.787. The minimum Gasteiger partial charge on any atom is -0.364 e. The number of hydrogen-bond donors (Lipinski definition) is 0. The minimum atomic E-state index is 0.121. The number of aromatic nitrogens is 2. The van der Waals surface area contributed by atoms with Crippen molar-refractivity contribution in [2.24, 2.45) is 0 Å². The third-order valence-corrected chi connectivity index (χ3v) is 3.03. The van der Waals surface area contributed by atoms with E-state index in [0.717, 1.165) is 18.1 Å². The largest absolute Gasteiger partial charge is 0.364 e. The van der Waals surface area contributed by atoms with Crippen molar-refractivity contribution in [3.63, 3.8) is 0 Å². The maximum Gasteiger partial charge on any atom is 0.135 e. The first-order valence-electron chi connectivity index (χ1n) is 5.72. The number of imidazole rings is 1. The van der Waals surface area contributed by atoms with E-state index in [9.17, 15) is 0 Å². The standard InChI is InChI=1S/C14H14N2O/c1-2-12-8-16-9-13(17-10-14(16)15-12)11-6-4-3-5-7-11/h2-8,13H,1,9-10H2. The fourth-order valence-electron chi connectivity index (χ4n) is 2.12. The van der Waals surface area contributed by atoms with E-state index in [1.54, 1.807) is 6.08 Å². The summed E-state index contributed by atoms with van der Waals surface area (Å²) in [7, 11) is 0. The van der Waals surface area contributed by atoms with Crippen molar-refractivity contribution in [1.82, 2.24) is 9.55 Å². The number of nitrogens with zero attached hydrogens (tertiary/aromatic N) is 2. The summed E-state index contributed by atoms with van der Waals surface area (Å²) >= 11 is 0. The summed E-state index contributed by atoms with van der Waals surface area (Å²) in [6.45, 7) is 5.12. The summed E-state index contributed by atoms with van der Waals surface area (Å²) in [6.07, 6.45) is 3.92. The Labute approximate surface area is 100 Å². The molecule has 1 atom stereocenters. The Morgan fingerprint density at radius 3 is 2.94 bits per heavy atom. The van der Waals surface area contributed by atoms with Crippen LogP contribution in [0.25, 0.3) is 6.08 Å². The highest BCUT2D eigenvalue weighted by Crippen LogP contribution is 2.26. The van der Waals surface area contributed by atoms with Crippen LogP contribution in [-0.4, -0.2) is 9.55 Å². The SMILES string of the molecule is C=Cc1cn2c(n1)COC(c1ccccc1)C2. The maximum atomic E-state index is 5.83. The van der Waals surface area contributed by atoms with Gasteiger partial charge in [-0.2, -0.15) is 0 Å². The number of benzene rings is 1. The van der Waals surface area contributed by atoms with Crippen LogP contribution >= 0.6 is 0 Å². The lowest BCUT2D eigenvalue weighted by atomic mass is 10.1. The van der Waals surface area contributed by atoms with Gasteiger partial charge < -0.3 is 9.30 Å². The number of ether oxygens (including phenoxy) is 1. The molecular weight excluding hydrogens is 212 g/mol. The molecule has 1 unspecified atom stereocenters. The van der Waals surface area contributed by atoms with E-state index in [-0.39, 0.29) is 6.10 Å². The second-order valence-corrected chi connectivity index (χ2v) is 4.15. The summed E-state index contributed by atoms with van der Waals surface area (Å²) in [4.78, 5) is 4.42. The third-order valence-electron chi connectivity index (χ3n) is 3.03. The van der Waals surface area contributed by atoms with Gasteiger partial charge in [0, 0.05) is 6.20 Å². The Kier molecular flexibility index (Phi) is 2.53. The Morgan fingerprint density at radius 1 is 1.35 bits per heavy atom. The van der Waals surface area contributed by atoms with E-state index in [1.165, 1.54) is 5.56 Å². The summed E-state index contributed by atoms with van der Waals surface area (Å²) in [5.74, 6) is 0.979. The molecular formula is C14H14N2O. The van der Waals surface area contributed by atoms with Crippen LogP contribution in [0.3, 0.4) is 0 Å². The van der Waals surface area contributed by atoms with Gasteiger partial charge in [0.05, 0.1) is 12.2 Å². The van der Waals surface area contributed by atoms with Gasteiger partial charge in [-0.05, 0) is 11.6 Å². The van der Waals surface area contributed by atoms with Crippen LogP contribution in [0.2, 0.25) is 0 Å². The normalized spacial score (nSPS) is 18.7. The third kappa shape index (κ3) is 1.89. The molecule has 1 aromatic heterocycles. The first-order chi connectivity index (χ1) is 8.36. The predicted molar refractivity (Wildman–Crippen MR) is 66.3 cm³/mol. The molecule has 0 radical (unpaired) electrons. The molecule has 3 rings (SSSR count). The summed E-state index contributed by atoms with van der Waals surface area (Å²) in [5.41, 5.74) is 2.13. The zero-order valence-electron chi connectivity index (χ0n) is 9.54. The molecule has 2 heterocycles. The molecule has 3 heteroatoms. The van der Waals surface area contributed by atoms with Crippen molar-refractivity contribution in [1.29, 1.82) is 0 Å². The van der Waals surface area contributed by atoms with Gasteiger partial charge in [-0.1, -0.05) is 36.9 Å². The molecule has 0 N–H and O–H groups in total. The van der Waals surface area contributed by atoms with Gasteiger partial charge in [0.15, 0.2) is 0 Å². The predicted octanol–water partition coefficient (Wildman–Crippen LogP) is 2.80. The molecule has 1 aliphatic heterocycles. The highest BCUT2D eigenvalue weighted by atomic mass is 16.5. The van der Waals surface area contributed by atoms with Crippen LogP contribution in [0.1, 0.15) is 23.2 Å². The van der Waals surface area contributed by atoms with Crippen LogP contribution in [-0.2, 0) is 17.9 Å². The number of fused-ring (bicyclic) bond motifs is 1. The van der Waals surface area contributed by atoms with Gasteiger partial charge in [-0.3, -0.25) is 0 Å². The molecule has 17 heavy (non-hydrogen) atoms. The van der Waals surface area contributed by atoms with Crippen molar-refractivity contribution >= 4 is 6.08 Å². The minimum absolute atomic E-state index is 0.121. The Hall–Kier alpha value is -1.87. The van der Waals surface area contributed by atoms with Crippen molar-refractivity contribution in [3.8, 4) is 0 Å². The van der Waals surface area contributed by atoms with E-state index in [0.29, 0.717) is 6.61 Å². The lowest BCUT2D eigenvalue weighted by molar-refractivity contribution is 0.000490. The van der Waals surface area contributed by atoms with Gasteiger partial charge in [0.1, 0.15) is 18.5 Å². The molecule has 86 valence electrons. The zero-order chi connectivity index (χ0) is 11.7. The first-order valence-corrected chi connectivity index (χ1v) is 5.72. The second kappa shape index (κ2) is 4.18. The molecule has 1 aromatic carbocycles. The first kappa shape index (κ1) is 10.3. The Morgan fingerprint density at radius 2 is 2.18 bits per heavy atom. The van der Waals surface area contributed by atoms with Crippen molar-refractivity contribution in [2.75, 3.05) is 0 Å². The van der Waals surface area contributed by atoms with Crippen LogP contribution in [0.4, 0.5) is 0 Å². The summed E-state index contributed by atoms with van der Waals surface area (Å²) < 4.78 is 7.98. The number of hydrogen-bond acceptors (Lipinski definition) is 2. The molecule has 0 saturated carbocycles. The molecule has 0 aliphatic carbocycles. The van der Waals surface area contributed by atoms with Gasteiger partial charge >= 0.3 is 0 Å². The van der Waals surface area contributed by atoms with Crippen LogP contribution < -0.4 is 0 Å². The molecule has 1 aliphatic rings. The monoisotopic (exact) mass is 226 g/mol. The molecule has 0 spiro atoms. The average Bonchev–Trinajstić information content (AvgIpc) is 2.81. The highest BCUT2D eigenvalue weighted by molar-refractivity contribution is 5.40. The van der Waals surface area contributed by atoms with E-state index < -0.39 is 0 Å². The highest BCUT2D eigenvalue weighted by Gasteiger charge is 2.21. The molecule has 0 fully saturated rings. The van der Waals surface area contributed by atoms with Crippen LogP contribution in [0, 0.1) is 0 Å². The van der Waals surface area contributed by atoms with Crippen molar-refractivity contribution in [3.05, 3.63) is 60.2 Å². The molecule has 0 saturated heterocycles. The van der Waals surface area contributed by atoms with Gasteiger partial charge in [-0.15, -0.1) is 0 Å². The second-order valence-electron chi connectivity index (χ2n) is 4.15. The maximum absolute atomic E-state index is 5.83. The van der Waals surface area contributed by atoms with E-state index >= 15 is 0 Å². The molecule has 0 bridgehead atoms. The average molecular weight is 226 g/mol. The zero-order valence-corrected chi connectivity index (χ0v) is 9.54. The topological polar surface area (TPSA) is 27.1 Å². The summed E-state index contributed by atoms with van der Waals surface area (Å²) in [6, 6.07) is 10.3. The van der Waals surface area contributed by atoms with E-state index in [4.69, 9.17) is 4.74 Å². The Balaban J connectivity index is 1.87. The summed E-state index contributed by atoms with van der Waals surface area (Å²) in [5, 5.41) is 0. The van der Waals surface area contributed by atoms with Crippen molar-refractivity contribution in [2.45, 2.75) is 19.3 Å². The molecule has 0 amide bonds. The fraction of sp³-hybridized carbons (Fsp3) is 0.214.